The molecule has 2 aromatic heterocycles. The Morgan fingerprint density at radius 2 is 1.83 bits per heavy atom. The topological polar surface area (TPSA) is 112 Å². The van der Waals surface area contributed by atoms with Crippen molar-refractivity contribution in [3.8, 4) is 5.75 Å². The van der Waals surface area contributed by atoms with Gasteiger partial charge in [-0.3, -0.25) is 9.97 Å². The Bertz CT molecular complexity index is 1900. The van der Waals surface area contributed by atoms with Crippen LogP contribution in [0, 0.1) is 0 Å². The monoisotopic (exact) mass is 715 g/mol. The molecule has 1 saturated heterocycles. The molecule has 2 aliphatic heterocycles. The minimum Gasteiger partial charge on any atom is -0.494 e. The van der Waals surface area contributed by atoms with Crippen LogP contribution in [0.4, 0.5) is 28.8 Å². The average molecular weight is 717 g/mol. The fourth-order valence-corrected chi connectivity index (χ4v) is 7.69. The zero-order chi connectivity index (χ0) is 33.1. The SMILES string of the molecule is C=Cc1cc(Nc2ncc(Br)c(Nc3ccc4nccnc4c3P(C)(C)=O)n2)c(OC)cc1N1CCC(N2C=CCN(C)C=C2)CC1. The van der Waals surface area contributed by atoms with E-state index in [1.807, 2.05) is 24.3 Å². The molecule has 244 valence electrons. The Labute approximate surface area is 284 Å². The van der Waals surface area contributed by atoms with Crippen molar-refractivity contribution in [3.05, 3.63) is 84.1 Å². The lowest BCUT2D eigenvalue weighted by molar-refractivity contribution is 0.303. The molecule has 0 atom stereocenters. The molecule has 1 fully saturated rings. The number of nitrogens with zero attached hydrogens (tertiary/aromatic N) is 7. The number of benzene rings is 2. The van der Waals surface area contributed by atoms with Crippen LogP contribution in [-0.2, 0) is 4.57 Å². The maximum Gasteiger partial charge on any atom is 0.229 e. The van der Waals surface area contributed by atoms with E-state index in [-0.39, 0.29) is 0 Å². The Morgan fingerprint density at radius 1 is 1.04 bits per heavy atom. The number of anilines is 5. The highest BCUT2D eigenvalue weighted by atomic mass is 79.9. The maximum atomic E-state index is 13.4. The van der Waals surface area contributed by atoms with Gasteiger partial charge in [0.15, 0.2) is 0 Å². The van der Waals surface area contributed by atoms with Gasteiger partial charge in [-0.25, -0.2) is 4.98 Å². The zero-order valence-electron chi connectivity index (χ0n) is 27.0. The van der Waals surface area contributed by atoms with Gasteiger partial charge in [-0.05, 0) is 71.9 Å². The molecular weight excluding hydrogens is 677 g/mol. The first-order chi connectivity index (χ1) is 22.6. The summed E-state index contributed by atoms with van der Waals surface area (Å²) in [4.78, 5) is 25.1. The Balaban J connectivity index is 1.23. The summed E-state index contributed by atoms with van der Waals surface area (Å²) in [6, 6.07) is 8.24. The van der Waals surface area contributed by atoms with Gasteiger partial charge in [-0.2, -0.15) is 4.98 Å². The number of piperidine rings is 1. The molecule has 6 rings (SSSR count). The normalized spacial score (nSPS) is 15.6. The lowest BCUT2D eigenvalue weighted by atomic mass is 10.0. The predicted molar refractivity (Wildman–Crippen MR) is 196 cm³/mol. The molecule has 2 N–H and O–H groups in total. The van der Waals surface area contributed by atoms with Crippen molar-refractivity contribution in [2.24, 2.45) is 0 Å². The molecule has 0 unspecified atom stereocenters. The van der Waals surface area contributed by atoms with Crippen LogP contribution in [0.5, 0.6) is 5.75 Å². The third-order valence-corrected chi connectivity index (χ3v) is 10.5. The summed E-state index contributed by atoms with van der Waals surface area (Å²) in [6.07, 6.45) is 17.6. The van der Waals surface area contributed by atoms with Crippen LogP contribution in [0.2, 0.25) is 0 Å². The fraction of sp³-hybridized carbons (Fsp3) is 0.294. The molecule has 0 radical (unpaired) electrons. The lowest BCUT2D eigenvalue weighted by Gasteiger charge is -2.38. The van der Waals surface area contributed by atoms with E-state index in [2.05, 4.69) is 101 Å². The van der Waals surface area contributed by atoms with E-state index in [0.29, 0.717) is 55.7 Å². The molecule has 13 heteroatoms. The van der Waals surface area contributed by atoms with Gasteiger partial charge in [-0.15, -0.1) is 0 Å². The Kier molecular flexibility index (Phi) is 9.52. The van der Waals surface area contributed by atoms with E-state index in [9.17, 15) is 4.57 Å². The number of aromatic nitrogens is 4. The molecule has 11 nitrogen and oxygen atoms in total. The van der Waals surface area contributed by atoms with Crippen LogP contribution in [0.3, 0.4) is 0 Å². The van der Waals surface area contributed by atoms with E-state index in [1.165, 1.54) is 0 Å². The van der Waals surface area contributed by atoms with Crippen molar-refractivity contribution in [3.63, 3.8) is 0 Å². The molecule has 2 aromatic carbocycles. The van der Waals surface area contributed by atoms with Crippen LogP contribution < -0.4 is 25.6 Å². The van der Waals surface area contributed by atoms with Crippen LogP contribution >= 0.6 is 23.1 Å². The van der Waals surface area contributed by atoms with E-state index in [1.54, 1.807) is 39.0 Å². The summed E-state index contributed by atoms with van der Waals surface area (Å²) >= 11 is 3.57. The number of methoxy groups -OCH3 is 1. The minimum atomic E-state index is -2.75. The van der Waals surface area contributed by atoms with Crippen LogP contribution in [0.1, 0.15) is 18.4 Å². The first-order valence-electron chi connectivity index (χ1n) is 15.4. The quantitative estimate of drug-likeness (QED) is 0.179. The predicted octanol–water partition coefficient (Wildman–Crippen LogP) is 6.77. The minimum absolute atomic E-state index is 0.361. The molecule has 4 aromatic rings. The van der Waals surface area contributed by atoms with Crippen molar-refractivity contribution in [1.29, 1.82) is 0 Å². The highest BCUT2D eigenvalue weighted by Gasteiger charge is 2.26. The fourth-order valence-electron chi connectivity index (χ4n) is 6.01. The number of hydrogen-bond donors (Lipinski definition) is 2. The average Bonchev–Trinajstić information content (AvgIpc) is 3.29. The van der Waals surface area contributed by atoms with E-state index in [0.717, 1.165) is 43.7 Å². The van der Waals surface area contributed by atoms with Crippen molar-refractivity contribution in [2.45, 2.75) is 18.9 Å². The van der Waals surface area contributed by atoms with Gasteiger partial charge < -0.3 is 34.6 Å². The molecule has 0 spiro atoms. The summed E-state index contributed by atoms with van der Waals surface area (Å²) in [7, 11) is 0.996. The summed E-state index contributed by atoms with van der Waals surface area (Å²) < 4.78 is 19.9. The lowest BCUT2D eigenvalue weighted by Crippen LogP contribution is -2.41. The van der Waals surface area contributed by atoms with Gasteiger partial charge in [0, 0.05) is 81.7 Å². The third-order valence-electron chi connectivity index (χ3n) is 8.36. The molecular formula is C34H39BrN9O2P. The van der Waals surface area contributed by atoms with Gasteiger partial charge in [-0.1, -0.05) is 12.7 Å². The second-order valence-electron chi connectivity index (χ2n) is 12.0. The molecule has 0 saturated carbocycles. The summed E-state index contributed by atoms with van der Waals surface area (Å²) in [5.41, 5.74) is 4.71. The van der Waals surface area contributed by atoms with Crippen LogP contribution in [-0.4, -0.2) is 82.9 Å². The molecule has 4 heterocycles. The number of rotatable bonds is 9. The second-order valence-corrected chi connectivity index (χ2v) is 16.0. The zero-order valence-corrected chi connectivity index (χ0v) is 29.5. The highest BCUT2D eigenvalue weighted by molar-refractivity contribution is 9.10. The number of nitrogens with one attached hydrogen (secondary N) is 2. The number of fused-ring (bicyclic) bond motifs is 1. The highest BCUT2D eigenvalue weighted by Crippen LogP contribution is 2.42. The number of likely N-dealkylation sites (N-methyl/N-ethyl adjacent to an activating group) is 1. The Morgan fingerprint density at radius 3 is 2.57 bits per heavy atom. The maximum absolute atomic E-state index is 13.4. The van der Waals surface area contributed by atoms with Gasteiger partial charge in [0.25, 0.3) is 0 Å². The van der Waals surface area contributed by atoms with E-state index >= 15 is 0 Å². The van der Waals surface area contributed by atoms with E-state index in [4.69, 9.17) is 9.72 Å². The first kappa shape index (κ1) is 32.5. The smallest absolute Gasteiger partial charge is 0.229 e. The second kappa shape index (κ2) is 13.8. The number of ether oxygens (including phenoxy) is 1. The van der Waals surface area contributed by atoms with Gasteiger partial charge in [0.05, 0.1) is 33.8 Å². The largest absolute Gasteiger partial charge is 0.494 e. The Hall–Kier alpha value is -4.41. The molecule has 0 aliphatic carbocycles. The third kappa shape index (κ3) is 7.13. The van der Waals surface area contributed by atoms with Crippen LogP contribution in [0.15, 0.2) is 78.6 Å². The summed E-state index contributed by atoms with van der Waals surface area (Å²) in [6.45, 7) is 10.3. The van der Waals surface area contributed by atoms with Crippen LogP contribution in [0.25, 0.3) is 17.1 Å². The molecule has 0 bridgehead atoms. The van der Waals surface area contributed by atoms with Gasteiger partial charge in [0.2, 0.25) is 5.95 Å². The van der Waals surface area contributed by atoms with Gasteiger partial charge in [0.1, 0.15) is 24.2 Å². The first-order valence-corrected chi connectivity index (χ1v) is 18.8. The molecule has 0 amide bonds. The van der Waals surface area contributed by atoms with Crippen molar-refractivity contribution in [1.82, 2.24) is 29.7 Å². The summed E-state index contributed by atoms with van der Waals surface area (Å²) in [5, 5.41) is 7.31. The summed E-state index contributed by atoms with van der Waals surface area (Å²) in [5.74, 6) is 1.53. The molecule has 47 heavy (non-hydrogen) atoms. The van der Waals surface area contributed by atoms with Crippen molar-refractivity contribution in [2.75, 3.05) is 62.7 Å². The van der Waals surface area contributed by atoms with Crippen molar-refractivity contribution < 1.29 is 9.30 Å². The van der Waals surface area contributed by atoms with Crippen molar-refractivity contribution >= 4 is 74.3 Å². The molecule has 2 aliphatic rings. The number of halogens is 1. The number of hydrogen-bond acceptors (Lipinski definition) is 11. The standard InChI is InChI=1S/C34H39BrN9O2P/c1-6-23-20-28(30(46-3)21-29(23)44-16-10-24(11-17-44)43-15-7-14-42(2)18-19-43)40-34-38-22-25(35)33(41-34)39-27-9-8-26-31(37-13-12-36-26)32(27)47(4,5)45/h6-9,12-13,15,18-22,24H,1,10-11,14,16-17H2,2-5H3,(H2,38,39,40,41). The van der Waals surface area contributed by atoms with E-state index < -0.39 is 7.14 Å². The van der Waals surface area contributed by atoms with Gasteiger partial charge >= 0.3 is 0 Å².